The van der Waals surface area contributed by atoms with Crippen LogP contribution in [0, 0.1) is 11.8 Å². The summed E-state index contributed by atoms with van der Waals surface area (Å²) in [5, 5.41) is 0. The zero-order valence-electron chi connectivity index (χ0n) is 7.71. The minimum Gasteiger partial charge on any atom is -0.339 e. The maximum Gasteiger partial charge on any atom is 0.223 e. The van der Waals surface area contributed by atoms with Crippen LogP contribution in [0.5, 0.6) is 0 Å². The van der Waals surface area contributed by atoms with Crippen LogP contribution in [0.25, 0.3) is 0 Å². The molecule has 12 heavy (non-hydrogen) atoms. The Balaban J connectivity index is 2.31. The van der Waals surface area contributed by atoms with Crippen LogP contribution >= 0.6 is 0 Å². The molecule has 2 fully saturated rings. The van der Waals surface area contributed by atoms with Crippen LogP contribution in [0.15, 0.2) is 12.2 Å². The van der Waals surface area contributed by atoms with Gasteiger partial charge in [0.2, 0.25) is 5.91 Å². The normalized spacial score (nSPS) is 40.8. The predicted molar refractivity (Wildman–Crippen MR) is 47.6 cm³/mol. The summed E-state index contributed by atoms with van der Waals surface area (Å²) in [5.74, 6) is 1.41. The molecule has 1 aliphatic heterocycles. The summed E-state index contributed by atoms with van der Waals surface area (Å²) in [6, 6.07) is 0.339. The summed E-state index contributed by atoms with van der Waals surface area (Å²) in [5.41, 5.74) is 1.28. The topological polar surface area (TPSA) is 20.3 Å². The van der Waals surface area contributed by atoms with E-state index in [1.54, 1.807) is 0 Å². The van der Waals surface area contributed by atoms with Gasteiger partial charge in [-0.15, -0.1) is 0 Å². The van der Waals surface area contributed by atoms with E-state index in [4.69, 9.17) is 0 Å². The van der Waals surface area contributed by atoms with Crippen molar-refractivity contribution in [1.82, 2.24) is 4.90 Å². The molecule has 2 bridgehead atoms. The van der Waals surface area contributed by atoms with Crippen molar-refractivity contribution in [2.75, 3.05) is 7.05 Å². The molecule has 0 spiro atoms. The van der Waals surface area contributed by atoms with Gasteiger partial charge in [-0.2, -0.15) is 0 Å². The van der Waals surface area contributed by atoms with Crippen molar-refractivity contribution in [2.24, 2.45) is 11.8 Å². The molecular formula is C10H15NO. The van der Waals surface area contributed by atoms with E-state index in [0.717, 1.165) is 6.42 Å². The van der Waals surface area contributed by atoms with Gasteiger partial charge in [-0.25, -0.2) is 0 Å². The summed E-state index contributed by atoms with van der Waals surface area (Å²) < 4.78 is 0. The molecule has 1 aliphatic carbocycles. The summed E-state index contributed by atoms with van der Waals surface area (Å²) in [6.45, 7) is 6.30. The Hall–Kier alpha value is -0.790. The molecule has 1 amide bonds. The molecule has 0 aromatic rings. The molecule has 1 heterocycles. The lowest BCUT2D eigenvalue weighted by atomic mass is 9.89. The molecule has 0 aromatic carbocycles. The molecule has 2 nitrogen and oxygen atoms in total. The monoisotopic (exact) mass is 165 g/mol. The maximum atomic E-state index is 11.4. The van der Waals surface area contributed by atoms with Crippen LogP contribution in [0.4, 0.5) is 0 Å². The lowest BCUT2D eigenvalue weighted by molar-refractivity contribution is -0.132. The van der Waals surface area contributed by atoms with Gasteiger partial charge in [0.1, 0.15) is 0 Å². The Morgan fingerprint density at radius 3 is 2.92 bits per heavy atom. The quantitative estimate of drug-likeness (QED) is 0.497. The van der Waals surface area contributed by atoms with E-state index in [0.29, 0.717) is 30.2 Å². The van der Waals surface area contributed by atoms with Gasteiger partial charge in [-0.1, -0.05) is 19.1 Å². The molecule has 3 atom stereocenters. The number of rotatable bonds is 0. The number of carbonyl (C=O) groups is 1. The fourth-order valence-corrected chi connectivity index (χ4v) is 2.53. The number of carbonyl (C=O) groups excluding carboxylic acids is 1. The third-order valence-corrected chi connectivity index (χ3v) is 3.44. The summed E-state index contributed by atoms with van der Waals surface area (Å²) in [4.78, 5) is 13.3. The second-order valence-electron chi connectivity index (χ2n) is 4.12. The lowest BCUT2D eigenvalue weighted by Gasteiger charge is -2.31. The molecule has 1 unspecified atom stereocenters. The van der Waals surface area contributed by atoms with Gasteiger partial charge in [0.25, 0.3) is 0 Å². The van der Waals surface area contributed by atoms with Gasteiger partial charge < -0.3 is 4.90 Å². The van der Waals surface area contributed by atoms with Crippen LogP contribution in [0.3, 0.4) is 0 Å². The van der Waals surface area contributed by atoms with E-state index >= 15 is 0 Å². The molecule has 1 saturated heterocycles. The summed E-state index contributed by atoms with van der Waals surface area (Å²) >= 11 is 0. The highest BCUT2D eigenvalue weighted by molar-refractivity contribution is 5.79. The zero-order chi connectivity index (χ0) is 8.88. The van der Waals surface area contributed by atoms with Crippen molar-refractivity contribution in [3.05, 3.63) is 12.2 Å². The Bertz CT molecular complexity index is 246. The number of hydrogen-bond donors (Lipinski definition) is 0. The number of amides is 1. The first-order valence-corrected chi connectivity index (χ1v) is 4.55. The SMILES string of the molecule is C=C1C2CC(=O)N(C)[C@H]1C[C@H]2C. The lowest BCUT2D eigenvalue weighted by Crippen LogP contribution is -2.40. The molecule has 2 rings (SSSR count). The second kappa shape index (κ2) is 2.35. The number of likely N-dealkylation sites (tertiary alicyclic amines) is 1. The van der Waals surface area contributed by atoms with Gasteiger partial charge in [0.15, 0.2) is 0 Å². The average molecular weight is 165 g/mol. The Kier molecular flexibility index (Phi) is 1.53. The third kappa shape index (κ3) is 0.838. The summed E-state index contributed by atoms with van der Waals surface area (Å²) in [6.07, 6.45) is 1.80. The van der Waals surface area contributed by atoms with Gasteiger partial charge >= 0.3 is 0 Å². The molecule has 66 valence electrons. The number of fused-ring (bicyclic) bond motifs is 2. The van der Waals surface area contributed by atoms with E-state index in [2.05, 4.69) is 13.5 Å². The minimum atomic E-state index is 0.293. The van der Waals surface area contributed by atoms with Crippen molar-refractivity contribution >= 4 is 5.91 Å². The van der Waals surface area contributed by atoms with Gasteiger partial charge in [-0.05, 0) is 18.3 Å². The summed E-state index contributed by atoms with van der Waals surface area (Å²) in [7, 11) is 1.90. The zero-order valence-corrected chi connectivity index (χ0v) is 7.71. The van der Waals surface area contributed by atoms with Crippen LogP contribution in [0.2, 0.25) is 0 Å². The fourth-order valence-electron chi connectivity index (χ4n) is 2.53. The van der Waals surface area contributed by atoms with Crippen LogP contribution in [0.1, 0.15) is 19.8 Å². The number of piperidine rings is 1. The van der Waals surface area contributed by atoms with Crippen molar-refractivity contribution in [1.29, 1.82) is 0 Å². The van der Waals surface area contributed by atoms with Crippen LogP contribution in [-0.4, -0.2) is 23.9 Å². The average Bonchev–Trinajstić information content (AvgIpc) is 2.23. The van der Waals surface area contributed by atoms with E-state index in [1.165, 1.54) is 5.57 Å². The maximum absolute atomic E-state index is 11.4. The van der Waals surface area contributed by atoms with E-state index in [1.807, 2.05) is 11.9 Å². The predicted octanol–water partition coefficient (Wildman–Crippen LogP) is 1.43. The first-order valence-electron chi connectivity index (χ1n) is 4.55. The number of hydrogen-bond acceptors (Lipinski definition) is 1. The molecule has 0 radical (unpaired) electrons. The molecule has 0 N–H and O–H groups in total. The van der Waals surface area contributed by atoms with E-state index in [-0.39, 0.29) is 0 Å². The third-order valence-electron chi connectivity index (χ3n) is 3.44. The Morgan fingerprint density at radius 1 is 1.58 bits per heavy atom. The van der Waals surface area contributed by atoms with Gasteiger partial charge in [0, 0.05) is 13.5 Å². The highest BCUT2D eigenvalue weighted by atomic mass is 16.2. The van der Waals surface area contributed by atoms with Crippen LogP contribution in [-0.2, 0) is 4.79 Å². The standard InChI is InChI=1S/C10H15NO/c1-6-4-9-7(2)8(6)5-10(12)11(9)3/h6,8-9H,2,4-5H2,1,3H3/t6-,8?,9+/m1/s1. The second-order valence-corrected chi connectivity index (χ2v) is 4.12. The van der Waals surface area contributed by atoms with E-state index < -0.39 is 0 Å². The van der Waals surface area contributed by atoms with Crippen molar-refractivity contribution < 1.29 is 4.79 Å². The number of likely N-dealkylation sites (N-methyl/N-ethyl adjacent to an activating group) is 1. The molecule has 2 heteroatoms. The smallest absolute Gasteiger partial charge is 0.223 e. The number of nitrogens with zero attached hydrogens (tertiary/aromatic N) is 1. The largest absolute Gasteiger partial charge is 0.339 e. The van der Waals surface area contributed by atoms with Gasteiger partial charge in [0.05, 0.1) is 6.04 Å². The fraction of sp³-hybridized carbons (Fsp3) is 0.700. The first kappa shape index (κ1) is 7.84. The molecule has 2 aliphatic rings. The van der Waals surface area contributed by atoms with Gasteiger partial charge in [-0.3, -0.25) is 4.79 Å². The highest BCUT2D eigenvalue weighted by Gasteiger charge is 2.43. The van der Waals surface area contributed by atoms with Crippen LogP contribution < -0.4 is 0 Å². The Morgan fingerprint density at radius 2 is 2.25 bits per heavy atom. The Labute approximate surface area is 73.2 Å². The molecular weight excluding hydrogens is 150 g/mol. The first-order chi connectivity index (χ1) is 5.61. The molecule has 1 saturated carbocycles. The molecule has 0 aromatic heterocycles. The van der Waals surface area contributed by atoms with Crippen molar-refractivity contribution in [3.8, 4) is 0 Å². The van der Waals surface area contributed by atoms with E-state index in [9.17, 15) is 4.79 Å². The van der Waals surface area contributed by atoms with Crippen molar-refractivity contribution in [2.45, 2.75) is 25.8 Å². The van der Waals surface area contributed by atoms with Crippen molar-refractivity contribution in [3.63, 3.8) is 0 Å². The minimum absolute atomic E-state index is 0.293. The highest BCUT2D eigenvalue weighted by Crippen LogP contribution is 2.43.